The molecule has 0 saturated carbocycles. The fourth-order valence-electron chi connectivity index (χ4n) is 1.32. The van der Waals surface area contributed by atoms with E-state index < -0.39 is 0 Å². The van der Waals surface area contributed by atoms with Crippen LogP contribution >= 0.6 is 11.6 Å². The zero-order valence-corrected chi connectivity index (χ0v) is 10.1. The average molecular weight is 226 g/mol. The minimum atomic E-state index is -0.0889. The van der Waals surface area contributed by atoms with Crippen LogP contribution in [0.1, 0.15) is 25.3 Å². The standard InChI is InChI=1S/C12H16ClNO/c1-9(2)10-4-6-11(7-5-10)14(3)12(15)8-13/h4-7,9H,8H2,1-3H3. The fourth-order valence-corrected chi connectivity index (χ4v) is 1.50. The summed E-state index contributed by atoms with van der Waals surface area (Å²) in [7, 11) is 1.73. The zero-order valence-electron chi connectivity index (χ0n) is 9.33. The molecule has 1 aromatic carbocycles. The van der Waals surface area contributed by atoms with E-state index in [1.54, 1.807) is 11.9 Å². The van der Waals surface area contributed by atoms with Crippen LogP contribution in [0.5, 0.6) is 0 Å². The summed E-state index contributed by atoms with van der Waals surface area (Å²) in [5.41, 5.74) is 2.15. The van der Waals surface area contributed by atoms with Crippen molar-refractivity contribution in [3.63, 3.8) is 0 Å². The first kappa shape index (κ1) is 12.1. The molecule has 0 bridgehead atoms. The number of hydrogen-bond acceptors (Lipinski definition) is 1. The maximum absolute atomic E-state index is 11.3. The van der Waals surface area contributed by atoms with E-state index in [-0.39, 0.29) is 11.8 Å². The van der Waals surface area contributed by atoms with Crippen molar-refractivity contribution in [2.24, 2.45) is 0 Å². The van der Waals surface area contributed by atoms with E-state index in [1.807, 2.05) is 24.3 Å². The molecule has 3 heteroatoms. The molecule has 0 atom stereocenters. The predicted molar refractivity (Wildman–Crippen MR) is 64.7 cm³/mol. The Labute approximate surface area is 95.8 Å². The van der Waals surface area contributed by atoms with E-state index in [0.717, 1.165) is 5.69 Å². The molecule has 0 fully saturated rings. The summed E-state index contributed by atoms with van der Waals surface area (Å²) in [4.78, 5) is 12.9. The summed E-state index contributed by atoms with van der Waals surface area (Å²) in [6.45, 7) is 4.28. The number of amides is 1. The van der Waals surface area contributed by atoms with Crippen molar-refractivity contribution in [2.75, 3.05) is 17.8 Å². The van der Waals surface area contributed by atoms with Gasteiger partial charge in [0.05, 0.1) is 0 Å². The van der Waals surface area contributed by atoms with Gasteiger partial charge in [0, 0.05) is 12.7 Å². The normalized spacial score (nSPS) is 10.5. The highest BCUT2D eigenvalue weighted by Crippen LogP contribution is 2.19. The fraction of sp³-hybridized carbons (Fsp3) is 0.417. The number of rotatable bonds is 3. The van der Waals surface area contributed by atoms with Crippen LogP contribution in [-0.4, -0.2) is 18.8 Å². The van der Waals surface area contributed by atoms with Crippen molar-refractivity contribution in [2.45, 2.75) is 19.8 Å². The van der Waals surface area contributed by atoms with E-state index in [1.165, 1.54) is 5.56 Å². The van der Waals surface area contributed by atoms with Crippen molar-refractivity contribution >= 4 is 23.2 Å². The van der Waals surface area contributed by atoms with Gasteiger partial charge in [-0.1, -0.05) is 26.0 Å². The minimum absolute atomic E-state index is 0.0163. The first-order valence-electron chi connectivity index (χ1n) is 4.98. The van der Waals surface area contributed by atoms with E-state index in [0.29, 0.717) is 5.92 Å². The molecule has 82 valence electrons. The van der Waals surface area contributed by atoms with Gasteiger partial charge in [-0.3, -0.25) is 4.79 Å². The topological polar surface area (TPSA) is 20.3 Å². The zero-order chi connectivity index (χ0) is 11.4. The number of alkyl halides is 1. The number of carbonyl (C=O) groups excluding carboxylic acids is 1. The van der Waals surface area contributed by atoms with Gasteiger partial charge in [-0.15, -0.1) is 11.6 Å². The Morgan fingerprint density at radius 2 is 1.87 bits per heavy atom. The molecule has 1 amide bonds. The molecule has 0 N–H and O–H groups in total. The number of carbonyl (C=O) groups is 1. The van der Waals surface area contributed by atoms with Crippen LogP contribution < -0.4 is 4.90 Å². The van der Waals surface area contributed by atoms with Gasteiger partial charge in [-0.2, -0.15) is 0 Å². The van der Waals surface area contributed by atoms with Crippen LogP contribution in [0.15, 0.2) is 24.3 Å². The maximum Gasteiger partial charge on any atom is 0.241 e. The van der Waals surface area contributed by atoms with Gasteiger partial charge >= 0.3 is 0 Å². The van der Waals surface area contributed by atoms with Gasteiger partial charge in [-0.25, -0.2) is 0 Å². The molecule has 0 spiro atoms. The average Bonchev–Trinajstić information content (AvgIpc) is 2.27. The van der Waals surface area contributed by atoms with Crippen molar-refractivity contribution in [3.8, 4) is 0 Å². The Bertz CT molecular complexity index is 332. The highest BCUT2D eigenvalue weighted by Gasteiger charge is 2.09. The number of halogens is 1. The van der Waals surface area contributed by atoms with Gasteiger partial charge in [0.15, 0.2) is 0 Å². The quantitative estimate of drug-likeness (QED) is 0.725. The summed E-state index contributed by atoms with van der Waals surface area (Å²) < 4.78 is 0. The minimum Gasteiger partial charge on any atom is -0.314 e. The Balaban J connectivity index is 2.84. The second kappa shape index (κ2) is 5.17. The summed E-state index contributed by atoms with van der Waals surface area (Å²) in [5, 5.41) is 0. The summed E-state index contributed by atoms with van der Waals surface area (Å²) in [6, 6.07) is 7.97. The van der Waals surface area contributed by atoms with Crippen LogP contribution in [0.4, 0.5) is 5.69 Å². The van der Waals surface area contributed by atoms with Crippen molar-refractivity contribution in [3.05, 3.63) is 29.8 Å². The third-order valence-corrected chi connectivity index (χ3v) is 2.66. The molecule has 0 aliphatic rings. The molecule has 1 aromatic rings. The van der Waals surface area contributed by atoms with E-state index in [4.69, 9.17) is 11.6 Å². The Morgan fingerprint density at radius 1 is 1.33 bits per heavy atom. The molecule has 1 rings (SSSR count). The maximum atomic E-state index is 11.3. The van der Waals surface area contributed by atoms with Crippen molar-refractivity contribution in [1.82, 2.24) is 0 Å². The lowest BCUT2D eigenvalue weighted by Crippen LogP contribution is -2.27. The third kappa shape index (κ3) is 2.96. The monoisotopic (exact) mass is 225 g/mol. The Kier molecular flexibility index (Phi) is 4.15. The van der Waals surface area contributed by atoms with Crippen LogP contribution in [0.2, 0.25) is 0 Å². The predicted octanol–water partition coefficient (Wildman–Crippen LogP) is 3.01. The molecule has 0 unspecified atom stereocenters. The molecule has 0 radical (unpaired) electrons. The van der Waals surface area contributed by atoms with Gasteiger partial charge in [0.25, 0.3) is 0 Å². The highest BCUT2D eigenvalue weighted by atomic mass is 35.5. The van der Waals surface area contributed by atoms with Crippen LogP contribution in [0.3, 0.4) is 0 Å². The lowest BCUT2D eigenvalue weighted by atomic mass is 10.0. The summed E-state index contributed by atoms with van der Waals surface area (Å²) in [5.74, 6) is 0.435. The van der Waals surface area contributed by atoms with Gasteiger partial charge in [0.1, 0.15) is 5.88 Å². The lowest BCUT2D eigenvalue weighted by molar-refractivity contribution is -0.116. The first-order chi connectivity index (χ1) is 7.06. The van der Waals surface area contributed by atoms with Crippen LogP contribution in [-0.2, 0) is 4.79 Å². The molecular formula is C12H16ClNO. The second-order valence-electron chi connectivity index (χ2n) is 3.83. The Morgan fingerprint density at radius 3 is 2.27 bits per heavy atom. The van der Waals surface area contributed by atoms with Crippen molar-refractivity contribution in [1.29, 1.82) is 0 Å². The Hall–Kier alpha value is -1.02. The molecule has 15 heavy (non-hydrogen) atoms. The highest BCUT2D eigenvalue weighted by molar-refractivity contribution is 6.29. The van der Waals surface area contributed by atoms with Gasteiger partial charge < -0.3 is 4.90 Å². The SMILES string of the molecule is CC(C)c1ccc(N(C)C(=O)CCl)cc1. The lowest BCUT2D eigenvalue weighted by Gasteiger charge is -2.16. The second-order valence-corrected chi connectivity index (χ2v) is 4.10. The molecule has 0 heterocycles. The number of hydrogen-bond donors (Lipinski definition) is 0. The summed E-state index contributed by atoms with van der Waals surface area (Å²) >= 11 is 5.49. The van der Waals surface area contributed by atoms with Gasteiger partial charge in [0.2, 0.25) is 5.91 Å². The van der Waals surface area contributed by atoms with Gasteiger partial charge in [-0.05, 0) is 23.6 Å². The molecule has 0 aliphatic carbocycles. The molecular weight excluding hydrogens is 210 g/mol. The molecule has 2 nitrogen and oxygen atoms in total. The third-order valence-electron chi connectivity index (χ3n) is 2.44. The molecule has 0 saturated heterocycles. The molecule has 0 aromatic heterocycles. The number of nitrogens with zero attached hydrogens (tertiary/aromatic N) is 1. The van der Waals surface area contributed by atoms with E-state index in [2.05, 4.69) is 13.8 Å². The largest absolute Gasteiger partial charge is 0.314 e. The van der Waals surface area contributed by atoms with Crippen molar-refractivity contribution < 1.29 is 4.79 Å². The smallest absolute Gasteiger partial charge is 0.241 e. The van der Waals surface area contributed by atoms with E-state index in [9.17, 15) is 4.79 Å². The van der Waals surface area contributed by atoms with E-state index >= 15 is 0 Å². The number of anilines is 1. The van der Waals surface area contributed by atoms with Crippen LogP contribution in [0.25, 0.3) is 0 Å². The first-order valence-corrected chi connectivity index (χ1v) is 5.52. The molecule has 0 aliphatic heterocycles. The van der Waals surface area contributed by atoms with Crippen LogP contribution in [0, 0.1) is 0 Å². The number of benzene rings is 1. The summed E-state index contributed by atoms with van der Waals surface area (Å²) in [6.07, 6.45) is 0.